The van der Waals surface area contributed by atoms with Crippen LogP contribution in [0.4, 0.5) is 0 Å². The third-order valence-corrected chi connectivity index (χ3v) is 3.15. The molecule has 0 amide bonds. The number of amidine groups is 1. The summed E-state index contributed by atoms with van der Waals surface area (Å²) in [6.45, 7) is 7.81. The molecule has 0 heterocycles. The highest BCUT2D eigenvalue weighted by molar-refractivity contribution is 5.82. The van der Waals surface area contributed by atoms with Crippen LogP contribution in [0.3, 0.4) is 0 Å². The van der Waals surface area contributed by atoms with Crippen molar-refractivity contribution in [1.82, 2.24) is 4.90 Å². The maximum atomic E-state index is 8.63. The van der Waals surface area contributed by atoms with Crippen molar-refractivity contribution in [2.75, 3.05) is 13.6 Å². The maximum absolute atomic E-state index is 8.63. The molecule has 1 unspecified atom stereocenters. The molecule has 0 radical (unpaired) electrons. The molecule has 1 atom stereocenters. The summed E-state index contributed by atoms with van der Waals surface area (Å²) in [6.07, 6.45) is 0. The van der Waals surface area contributed by atoms with E-state index in [0.29, 0.717) is 0 Å². The Hall–Kier alpha value is -1.55. The number of rotatable bonds is 5. The van der Waals surface area contributed by atoms with E-state index >= 15 is 0 Å². The van der Waals surface area contributed by atoms with Gasteiger partial charge in [-0.2, -0.15) is 0 Å². The lowest BCUT2D eigenvalue weighted by atomic mass is 10.0. The Morgan fingerprint density at radius 3 is 2.72 bits per heavy atom. The van der Waals surface area contributed by atoms with Crippen LogP contribution in [0.25, 0.3) is 0 Å². The highest BCUT2D eigenvalue weighted by Gasteiger charge is 2.11. The van der Waals surface area contributed by atoms with Crippen LogP contribution in [0, 0.1) is 19.8 Å². The van der Waals surface area contributed by atoms with Gasteiger partial charge in [0.15, 0.2) is 0 Å². The van der Waals surface area contributed by atoms with Crippen molar-refractivity contribution < 1.29 is 5.21 Å². The van der Waals surface area contributed by atoms with Crippen LogP contribution in [-0.4, -0.2) is 29.5 Å². The number of hydrogen-bond acceptors (Lipinski definition) is 3. The molecule has 4 heteroatoms. The van der Waals surface area contributed by atoms with Crippen LogP contribution in [0.15, 0.2) is 23.4 Å². The van der Waals surface area contributed by atoms with Crippen molar-refractivity contribution >= 4 is 5.84 Å². The van der Waals surface area contributed by atoms with Crippen molar-refractivity contribution in [3.8, 4) is 0 Å². The Kier molecular flexibility index (Phi) is 5.16. The summed E-state index contributed by atoms with van der Waals surface area (Å²) in [5.41, 5.74) is 9.48. The first-order chi connectivity index (χ1) is 8.43. The summed E-state index contributed by atoms with van der Waals surface area (Å²) in [7, 11) is 2.04. The lowest BCUT2D eigenvalue weighted by Crippen LogP contribution is -2.32. The van der Waals surface area contributed by atoms with Crippen LogP contribution in [-0.2, 0) is 6.54 Å². The molecule has 1 aromatic rings. The number of hydrogen-bond donors (Lipinski definition) is 2. The fourth-order valence-electron chi connectivity index (χ4n) is 1.99. The summed E-state index contributed by atoms with van der Waals surface area (Å²) in [5.74, 6) is 0.327. The van der Waals surface area contributed by atoms with Gasteiger partial charge >= 0.3 is 0 Å². The molecule has 0 fully saturated rings. The van der Waals surface area contributed by atoms with Gasteiger partial charge in [-0.15, -0.1) is 0 Å². The topological polar surface area (TPSA) is 61.8 Å². The standard InChI is InChI=1S/C14H23N3O/c1-10-5-6-11(2)13(7-10)9-17(4)8-12(3)14(15)16-18/h5-7,12,18H,8-9H2,1-4H3,(H2,15,16). The number of aryl methyl sites for hydroxylation is 2. The molecule has 0 saturated carbocycles. The first-order valence-corrected chi connectivity index (χ1v) is 6.16. The zero-order valence-electron chi connectivity index (χ0n) is 11.6. The molecule has 1 aromatic carbocycles. The van der Waals surface area contributed by atoms with Gasteiger partial charge < -0.3 is 15.8 Å². The molecule has 4 nitrogen and oxygen atoms in total. The predicted molar refractivity (Wildman–Crippen MR) is 74.8 cm³/mol. The Bertz CT molecular complexity index is 429. The van der Waals surface area contributed by atoms with E-state index in [0.717, 1.165) is 13.1 Å². The Balaban J connectivity index is 2.64. The molecule has 18 heavy (non-hydrogen) atoms. The molecule has 3 N–H and O–H groups in total. The zero-order valence-corrected chi connectivity index (χ0v) is 11.6. The second kappa shape index (κ2) is 6.40. The normalized spacial score (nSPS) is 13.9. The van der Waals surface area contributed by atoms with E-state index in [1.807, 2.05) is 14.0 Å². The highest BCUT2D eigenvalue weighted by Crippen LogP contribution is 2.13. The third kappa shape index (κ3) is 4.04. The number of nitrogens with two attached hydrogens (primary N) is 1. The van der Waals surface area contributed by atoms with Crippen LogP contribution in [0.5, 0.6) is 0 Å². The van der Waals surface area contributed by atoms with Gasteiger partial charge in [-0.25, -0.2) is 0 Å². The van der Waals surface area contributed by atoms with Crippen LogP contribution < -0.4 is 5.73 Å². The Morgan fingerprint density at radius 2 is 2.11 bits per heavy atom. The quantitative estimate of drug-likeness (QED) is 0.364. The molecular weight excluding hydrogens is 226 g/mol. The van der Waals surface area contributed by atoms with Gasteiger partial charge in [-0.1, -0.05) is 35.8 Å². The van der Waals surface area contributed by atoms with Gasteiger partial charge in [0.1, 0.15) is 5.84 Å². The molecule has 100 valence electrons. The number of oxime groups is 1. The van der Waals surface area contributed by atoms with Crippen molar-refractivity contribution in [1.29, 1.82) is 0 Å². The summed E-state index contributed by atoms with van der Waals surface area (Å²) in [5, 5.41) is 11.7. The fraction of sp³-hybridized carbons (Fsp3) is 0.500. The van der Waals surface area contributed by atoms with Crippen molar-refractivity contribution in [3.63, 3.8) is 0 Å². The maximum Gasteiger partial charge on any atom is 0.143 e. The Labute approximate surface area is 109 Å². The van der Waals surface area contributed by atoms with E-state index in [4.69, 9.17) is 10.9 Å². The van der Waals surface area contributed by atoms with Gasteiger partial charge in [0.2, 0.25) is 0 Å². The predicted octanol–water partition coefficient (Wildman–Crippen LogP) is 2.12. The molecule has 0 bridgehead atoms. The van der Waals surface area contributed by atoms with Gasteiger partial charge in [-0.3, -0.25) is 0 Å². The van der Waals surface area contributed by atoms with E-state index in [-0.39, 0.29) is 11.8 Å². The largest absolute Gasteiger partial charge is 0.409 e. The molecular formula is C14H23N3O. The summed E-state index contributed by atoms with van der Waals surface area (Å²) < 4.78 is 0. The summed E-state index contributed by atoms with van der Waals surface area (Å²) in [6, 6.07) is 6.48. The van der Waals surface area contributed by atoms with Crippen molar-refractivity contribution in [2.24, 2.45) is 16.8 Å². The minimum atomic E-state index is 0.0464. The zero-order chi connectivity index (χ0) is 13.7. The molecule has 0 aromatic heterocycles. The van der Waals surface area contributed by atoms with Crippen molar-refractivity contribution in [3.05, 3.63) is 34.9 Å². The minimum Gasteiger partial charge on any atom is -0.409 e. The van der Waals surface area contributed by atoms with Gasteiger partial charge in [0, 0.05) is 19.0 Å². The molecule has 0 aliphatic carbocycles. The molecule has 0 aliphatic rings. The van der Waals surface area contributed by atoms with Crippen LogP contribution >= 0.6 is 0 Å². The fourth-order valence-corrected chi connectivity index (χ4v) is 1.99. The second-order valence-corrected chi connectivity index (χ2v) is 5.05. The molecule has 0 spiro atoms. The molecule has 0 aliphatic heterocycles. The lowest BCUT2D eigenvalue weighted by molar-refractivity contribution is 0.290. The first-order valence-electron chi connectivity index (χ1n) is 6.16. The number of benzene rings is 1. The second-order valence-electron chi connectivity index (χ2n) is 5.05. The summed E-state index contributed by atoms with van der Waals surface area (Å²) in [4.78, 5) is 2.18. The minimum absolute atomic E-state index is 0.0464. The van der Waals surface area contributed by atoms with Gasteiger partial charge in [-0.05, 0) is 32.0 Å². The first kappa shape index (κ1) is 14.5. The summed E-state index contributed by atoms with van der Waals surface area (Å²) >= 11 is 0. The monoisotopic (exact) mass is 249 g/mol. The average Bonchev–Trinajstić information content (AvgIpc) is 2.32. The van der Waals surface area contributed by atoms with E-state index in [1.54, 1.807) is 0 Å². The molecule has 0 saturated heterocycles. The number of nitrogens with zero attached hydrogens (tertiary/aromatic N) is 2. The van der Waals surface area contributed by atoms with E-state index in [1.165, 1.54) is 16.7 Å². The highest BCUT2D eigenvalue weighted by atomic mass is 16.4. The Morgan fingerprint density at radius 1 is 1.44 bits per heavy atom. The smallest absolute Gasteiger partial charge is 0.143 e. The van der Waals surface area contributed by atoms with E-state index < -0.39 is 0 Å². The lowest BCUT2D eigenvalue weighted by Gasteiger charge is -2.21. The van der Waals surface area contributed by atoms with E-state index in [2.05, 4.69) is 42.1 Å². The third-order valence-electron chi connectivity index (χ3n) is 3.15. The van der Waals surface area contributed by atoms with Gasteiger partial charge in [0.25, 0.3) is 0 Å². The van der Waals surface area contributed by atoms with Gasteiger partial charge in [0.05, 0.1) is 0 Å². The van der Waals surface area contributed by atoms with Crippen molar-refractivity contribution in [2.45, 2.75) is 27.3 Å². The molecule has 1 rings (SSSR count). The van der Waals surface area contributed by atoms with E-state index in [9.17, 15) is 0 Å². The van der Waals surface area contributed by atoms with Crippen LogP contribution in [0.1, 0.15) is 23.6 Å². The SMILES string of the molecule is Cc1ccc(C)c(CN(C)CC(C)/C(N)=N/O)c1. The van der Waals surface area contributed by atoms with Crippen LogP contribution in [0.2, 0.25) is 0 Å². The average molecular weight is 249 g/mol.